The van der Waals surface area contributed by atoms with Crippen LogP contribution in [-0.4, -0.2) is 27.6 Å². The van der Waals surface area contributed by atoms with Crippen LogP contribution in [0.15, 0.2) is 29.2 Å². The number of rotatable bonds is 3. The Morgan fingerprint density at radius 1 is 1.47 bits per heavy atom. The Labute approximate surface area is 117 Å². The number of aliphatic carboxylic acids is 1. The number of carbonyl (C=O) groups excluding carboxylic acids is 2. The van der Waals surface area contributed by atoms with E-state index in [2.05, 4.69) is 0 Å². The summed E-state index contributed by atoms with van der Waals surface area (Å²) in [7, 11) is 0. The van der Waals surface area contributed by atoms with E-state index in [-0.39, 0.29) is 14.8 Å². The van der Waals surface area contributed by atoms with Gasteiger partial charge in [-0.1, -0.05) is 42.2 Å². The van der Waals surface area contributed by atoms with Gasteiger partial charge in [-0.25, -0.2) is 4.39 Å². The first kappa shape index (κ1) is 13.7. The average Bonchev–Trinajstić information content (AvgIpc) is 2.60. The maximum atomic E-state index is 13.5. The molecule has 0 aliphatic carbocycles. The maximum Gasteiger partial charge on any atom is 0.266 e. The van der Waals surface area contributed by atoms with E-state index >= 15 is 0 Å². The summed E-state index contributed by atoms with van der Waals surface area (Å²) in [4.78, 5) is 23.5. The summed E-state index contributed by atoms with van der Waals surface area (Å²) in [5, 5.41) is 10.5. The zero-order valence-corrected chi connectivity index (χ0v) is 11.1. The molecular weight excluding hydrogens is 289 g/mol. The van der Waals surface area contributed by atoms with E-state index in [9.17, 15) is 19.1 Å². The summed E-state index contributed by atoms with van der Waals surface area (Å²) in [5.74, 6) is -2.42. The lowest BCUT2D eigenvalue weighted by atomic mass is 10.2. The Balaban J connectivity index is 2.28. The number of carboxylic acids is 1. The van der Waals surface area contributed by atoms with Crippen molar-refractivity contribution in [2.24, 2.45) is 0 Å². The molecule has 0 atom stereocenters. The molecule has 4 nitrogen and oxygen atoms in total. The molecule has 98 valence electrons. The summed E-state index contributed by atoms with van der Waals surface area (Å²) < 4.78 is 13.6. The van der Waals surface area contributed by atoms with Crippen LogP contribution in [0.25, 0.3) is 6.08 Å². The fourth-order valence-corrected chi connectivity index (χ4v) is 2.74. The molecule has 1 aliphatic rings. The van der Waals surface area contributed by atoms with Gasteiger partial charge in [0.15, 0.2) is 0 Å². The van der Waals surface area contributed by atoms with Crippen LogP contribution in [0.5, 0.6) is 0 Å². The molecule has 0 spiro atoms. The molecule has 19 heavy (non-hydrogen) atoms. The number of amides is 1. The van der Waals surface area contributed by atoms with Crippen LogP contribution in [0, 0.1) is 5.82 Å². The van der Waals surface area contributed by atoms with Crippen LogP contribution >= 0.6 is 24.0 Å². The van der Waals surface area contributed by atoms with Gasteiger partial charge < -0.3 is 9.90 Å². The third kappa shape index (κ3) is 2.99. The second-order valence-electron chi connectivity index (χ2n) is 3.66. The molecule has 0 unspecified atom stereocenters. The molecule has 1 aliphatic heterocycles. The first-order chi connectivity index (χ1) is 8.99. The Bertz CT molecular complexity index is 600. The van der Waals surface area contributed by atoms with Gasteiger partial charge in [0.1, 0.15) is 10.1 Å². The predicted octanol–water partition coefficient (Wildman–Crippen LogP) is 0.777. The number of benzene rings is 1. The fourth-order valence-electron chi connectivity index (χ4n) is 1.50. The average molecular weight is 296 g/mol. The van der Waals surface area contributed by atoms with Crippen molar-refractivity contribution in [1.29, 1.82) is 0 Å². The lowest BCUT2D eigenvalue weighted by Crippen LogP contribution is -2.40. The molecule has 7 heteroatoms. The van der Waals surface area contributed by atoms with Crippen LogP contribution in [-0.2, 0) is 9.59 Å². The van der Waals surface area contributed by atoms with E-state index in [0.717, 1.165) is 16.7 Å². The number of halogens is 1. The molecule has 0 aromatic heterocycles. The van der Waals surface area contributed by atoms with Gasteiger partial charge in [-0.15, -0.1) is 0 Å². The van der Waals surface area contributed by atoms with Gasteiger partial charge in [-0.05, 0) is 12.1 Å². The molecular formula is C12H7FNO3S2-. The number of hydrogen-bond acceptors (Lipinski definition) is 5. The second kappa shape index (κ2) is 5.50. The summed E-state index contributed by atoms with van der Waals surface area (Å²) in [6.07, 6.45) is 1.35. The van der Waals surface area contributed by atoms with E-state index < -0.39 is 24.2 Å². The van der Waals surface area contributed by atoms with Crippen molar-refractivity contribution in [3.63, 3.8) is 0 Å². The van der Waals surface area contributed by atoms with Crippen LogP contribution in [0.4, 0.5) is 4.39 Å². The first-order valence-electron chi connectivity index (χ1n) is 5.19. The van der Waals surface area contributed by atoms with Crippen molar-refractivity contribution in [3.05, 3.63) is 40.6 Å². The first-order valence-corrected chi connectivity index (χ1v) is 6.41. The molecule has 2 rings (SSSR count). The molecule has 1 heterocycles. The van der Waals surface area contributed by atoms with Crippen molar-refractivity contribution in [2.75, 3.05) is 6.54 Å². The molecule has 0 saturated carbocycles. The number of thioether (sulfide) groups is 1. The van der Waals surface area contributed by atoms with Gasteiger partial charge in [-0.2, -0.15) is 0 Å². The third-order valence-corrected chi connectivity index (χ3v) is 3.73. The number of carbonyl (C=O) groups is 2. The quantitative estimate of drug-likeness (QED) is 0.609. The molecule has 1 amide bonds. The van der Waals surface area contributed by atoms with Gasteiger partial charge in [0.2, 0.25) is 0 Å². The third-order valence-electron chi connectivity index (χ3n) is 2.35. The zero-order chi connectivity index (χ0) is 14.0. The van der Waals surface area contributed by atoms with Gasteiger partial charge in [0.05, 0.1) is 17.4 Å². The van der Waals surface area contributed by atoms with Gasteiger partial charge >= 0.3 is 0 Å². The van der Waals surface area contributed by atoms with Crippen molar-refractivity contribution in [1.82, 2.24) is 4.90 Å². The smallest absolute Gasteiger partial charge is 0.266 e. The number of hydrogen-bond donors (Lipinski definition) is 0. The van der Waals surface area contributed by atoms with E-state index in [0.29, 0.717) is 0 Å². The van der Waals surface area contributed by atoms with Crippen molar-refractivity contribution in [2.45, 2.75) is 0 Å². The number of thiocarbonyl (C=S) groups is 1. The highest BCUT2D eigenvalue weighted by atomic mass is 32.2. The molecule has 0 radical (unpaired) electrons. The summed E-state index contributed by atoms with van der Waals surface area (Å²) in [6, 6.07) is 5.96. The highest BCUT2D eigenvalue weighted by Crippen LogP contribution is 2.32. The minimum Gasteiger partial charge on any atom is -0.548 e. The Morgan fingerprint density at radius 2 is 2.16 bits per heavy atom. The van der Waals surface area contributed by atoms with Gasteiger partial charge in [0, 0.05) is 5.56 Å². The maximum absolute atomic E-state index is 13.5. The minimum atomic E-state index is -1.40. The highest BCUT2D eigenvalue weighted by Gasteiger charge is 2.31. The summed E-state index contributed by atoms with van der Waals surface area (Å²) >= 11 is 5.84. The van der Waals surface area contributed by atoms with Crippen LogP contribution in [0.2, 0.25) is 0 Å². The highest BCUT2D eigenvalue weighted by molar-refractivity contribution is 8.26. The Morgan fingerprint density at radius 3 is 2.79 bits per heavy atom. The van der Waals surface area contributed by atoms with Crippen molar-refractivity contribution >= 4 is 46.3 Å². The van der Waals surface area contributed by atoms with Gasteiger partial charge in [-0.3, -0.25) is 9.69 Å². The monoisotopic (exact) mass is 296 g/mol. The SMILES string of the molecule is O=C([O-])CN1C(=O)/C(=C/c2ccccc2F)SC1=S. The molecule has 1 aromatic carbocycles. The Kier molecular flexibility index (Phi) is 3.96. The van der Waals surface area contributed by atoms with Crippen molar-refractivity contribution in [3.8, 4) is 0 Å². The van der Waals surface area contributed by atoms with Crippen LogP contribution in [0.3, 0.4) is 0 Å². The van der Waals surface area contributed by atoms with E-state index in [1.54, 1.807) is 6.07 Å². The summed E-state index contributed by atoms with van der Waals surface area (Å²) in [6.45, 7) is -0.598. The van der Waals surface area contributed by atoms with Crippen LogP contribution < -0.4 is 5.11 Å². The zero-order valence-electron chi connectivity index (χ0n) is 9.46. The normalized spacial score (nSPS) is 17.3. The van der Waals surface area contributed by atoms with Crippen molar-refractivity contribution < 1.29 is 19.1 Å². The summed E-state index contributed by atoms with van der Waals surface area (Å²) in [5.41, 5.74) is 0.247. The Hall–Kier alpha value is -1.73. The molecule has 1 aromatic rings. The van der Waals surface area contributed by atoms with E-state index in [1.807, 2.05) is 0 Å². The molecule has 1 fully saturated rings. The standard InChI is InChI=1S/C12H8FNO3S2/c13-8-4-2-1-3-7(8)5-9-11(17)14(6-10(15)16)12(18)19-9/h1-5H,6H2,(H,15,16)/p-1/b9-5-. The largest absolute Gasteiger partial charge is 0.548 e. The topological polar surface area (TPSA) is 60.4 Å². The molecule has 0 N–H and O–H groups in total. The molecule has 1 saturated heterocycles. The fraction of sp³-hybridized carbons (Fsp3) is 0.0833. The van der Waals surface area contributed by atoms with E-state index in [4.69, 9.17) is 12.2 Å². The number of nitrogens with zero attached hydrogens (tertiary/aromatic N) is 1. The number of carboxylic acid groups (broad SMARTS) is 1. The lowest BCUT2D eigenvalue weighted by Gasteiger charge is -2.14. The van der Waals surface area contributed by atoms with Crippen LogP contribution in [0.1, 0.15) is 5.56 Å². The minimum absolute atomic E-state index is 0.122. The second-order valence-corrected chi connectivity index (χ2v) is 5.34. The van der Waals surface area contributed by atoms with E-state index in [1.165, 1.54) is 24.3 Å². The predicted molar refractivity (Wildman–Crippen MR) is 71.3 cm³/mol. The lowest BCUT2D eigenvalue weighted by molar-refractivity contribution is -0.305. The van der Waals surface area contributed by atoms with Gasteiger partial charge in [0.25, 0.3) is 5.91 Å². The molecule has 0 bridgehead atoms.